The average Bonchev–Trinajstić information content (AvgIpc) is 2.44. The van der Waals surface area contributed by atoms with Gasteiger partial charge < -0.3 is 11.1 Å². The number of anilines is 3. The number of nitrogens with two attached hydrogens (primary N) is 1. The number of hydrogen-bond donors (Lipinski definition) is 2. The molecule has 1 aromatic carbocycles. The Bertz CT molecular complexity index is 578. The fourth-order valence-corrected chi connectivity index (χ4v) is 1.94. The third kappa shape index (κ3) is 2.84. The van der Waals surface area contributed by atoms with Crippen molar-refractivity contribution in [2.75, 3.05) is 11.1 Å². The summed E-state index contributed by atoms with van der Waals surface area (Å²) in [6.45, 7) is 6.10. The normalized spacial score (nSPS) is 10.5. The smallest absolute Gasteiger partial charge is 0.139 e. The van der Waals surface area contributed by atoms with Gasteiger partial charge in [-0.2, -0.15) is 0 Å². The summed E-state index contributed by atoms with van der Waals surface area (Å²) in [7, 11) is 0. The molecule has 0 bridgehead atoms. The van der Waals surface area contributed by atoms with Gasteiger partial charge in [-0.1, -0.05) is 32.0 Å². The van der Waals surface area contributed by atoms with E-state index in [1.54, 1.807) is 0 Å². The van der Waals surface area contributed by atoms with E-state index in [4.69, 9.17) is 5.73 Å². The highest BCUT2D eigenvalue weighted by atomic mass is 15.1. The van der Waals surface area contributed by atoms with Gasteiger partial charge in [-0.3, -0.25) is 0 Å². The third-order valence-electron chi connectivity index (χ3n) is 3.20. The molecule has 0 atom stereocenters. The van der Waals surface area contributed by atoms with Crippen molar-refractivity contribution in [3.05, 3.63) is 41.2 Å². The molecule has 0 unspecified atom stereocenters. The van der Waals surface area contributed by atoms with Gasteiger partial charge in [0.05, 0.1) is 0 Å². The number of aromatic nitrogens is 2. The molecule has 0 aliphatic carbocycles. The van der Waals surface area contributed by atoms with Crippen LogP contribution in [0.1, 0.15) is 30.8 Å². The molecule has 0 aliphatic rings. The lowest BCUT2D eigenvalue weighted by molar-refractivity contribution is 0.939. The zero-order valence-corrected chi connectivity index (χ0v) is 11.7. The van der Waals surface area contributed by atoms with E-state index in [1.165, 1.54) is 5.56 Å². The number of nitrogen functional groups attached to an aromatic ring is 1. The van der Waals surface area contributed by atoms with Crippen LogP contribution >= 0.6 is 0 Å². The van der Waals surface area contributed by atoms with Crippen LogP contribution in [0.2, 0.25) is 0 Å². The fourth-order valence-electron chi connectivity index (χ4n) is 1.94. The fraction of sp³-hybridized carbons (Fsp3) is 0.333. The summed E-state index contributed by atoms with van der Waals surface area (Å²) < 4.78 is 0. The Balaban J connectivity index is 2.40. The topological polar surface area (TPSA) is 63.8 Å². The lowest BCUT2D eigenvalue weighted by Gasteiger charge is -2.14. The second-order valence-electron chi connectivity index (χ2n) is 4.49. The number of para-hydroxylation sites is 1. The Morgan fingerprint density at radius 2 is 1.84 bits per heavy atom. The van der Waals surface area contributed by atoms with E-state index in [-0.39, 0.29) is 0 Å². The third-order valence-corrected chi connectivity index (χ3v) is 3.20. The van der Waals surface area contributed by atoms with E-state index in [2.05, 4.69) is 34.3 Å². The van der Waals surface area contributed by atoms with Crippen molar-refractivity contribution < 1.29 is 0 Å². The van der Waals surface area contributed by atoms with E-state index >= 15 is 0 Å². The zero-order chi connectivity index (χ0) is 13.8. The van der Waals surface area contributed by atoms with Crippen molar-refractivity contribution in [1.29, 1.82) is 0 Å². The standard InChI is InChI=1S/C15H20N4/c1-4-11-8-6-7-9-12(11)17-15-10(3)14(16)18-13(5-2)19-15/h6-9H,4-5H2,1-3H3,(H3,16,17,18,19). The SMILES string of the molecule is CCc1nc(N)c(C)c(Nc2ccccc2CC)n1. The largest absolute Gasteiger partial charge is 0.383 e. The van der Waals surface area contributed by atoms with Gasteiger partial charge in [0.15, 0.2) is 0 Å². The summed E-state index contributed by atoms with van der Waals surface area (Å²) in [5.74, 6) is 2.10. The second-order valence-corrected chi connectivity index (χ2v) is 4.49. The van der Waals surface area contributed by atoms with E-state index in [9.17, 15) is 0 Å². The van der Waals surface area contributed by atoms with Crippen LogP contribution in [0.25, 0.3) is 0 Å². The highest BCUT2D eigenvalue weighted by molar-refractivity contribution is 5.66. The minimum atomic E-state index is 0.545. The molecule has 0 amide bonds. The van der Waals surface area contributed by atoms with Crippen LogP contribution in [-0.4, -0.2) is 9.97 Å². The molecule has 4 heteroatoms. The number of hydrogen-bond acceptors (Lipinski definition) is 4. The van der Waals surface area contributed by atoms with Crippen LogP contribution in [0.5, 0.6) is 0 Å². The molecule has 0 spiro atoms. The number of nitrogens with zero attached hydrogens (tertiary/aromatic N) is 2. The molecular formula is C15H20N4. The Kier molecular flexibility index (Phi) is 4.00. The van der Waals surface area contributed by atoms with Gasteiger partial charge in [0, 0.05) is 17.7 Å². The molecule has 0 radical (unpaired) electrons. The summed E-state index contributed by atoms with van der Waals surface area (Å²) >= 11 is 0. The molecule has 0 aliphatic heterocycles. The summed E-state index contributed by atoms with van der Waals surface area (Å²) in [6.07, 6.45) is 1.75. The number of benzene rings is 1. The highest BCUT2D eigenvalue weighted by Crippen LogP contribution is 2.24. The summed E-state index contributed by atoms with van der Waals surface area (Å²) in [4.78, 5) is 8.78. The lowest BCUT2D eigenvalue weighted by atomic mass is 10.1. The van der Waals surface area contributed by atoms with Gasteiger partial charge >= 0.3 is 0 Å². The molecule has 2 rings (SSSR count). The molecule has 0 saturated heterocycles. The number of aryl methyl sites for hydroxylation is 2. The lowest BCUT2D eigenvalue weighted by Crippen LogP contribution is -2.07. The van der Waals surface area contributed by atoms with Crippen LogP contribution in [0, 0.1) is 6.92 Å². The van der Waals surface area contributed by atoms with E-state index in [1.807, 2.05) is 26.0 Å². The average molecular weight is 256 g/mol. The van der Waals surface area contributed by atoms with Crippen molar-refractivity contribution in [2.45, 2.75) is 33.6 Å². The monoisotopic (exact) mass is 256 g/mol. The minimum absolute atomic E-state index is 0.545. The highest BCUT2D eigenvalue weighted by Gasteiger charge is 2.09. The quantitative estimate of drug-likeness (QED) is 0.881. The number of nitrogens with one attached hydrogen (secondary N) is 1. The molecule has 0 fully saturated rings. The molecular weight excluding hydrogens is 236 g/mol. The summed E-state index contributed by atoms with van der Waals surface area (Å²) in [5, 5.41) is 3.38. The summed E-state index contributed by atoms with van der Waals surface area (Å²) in [6, 6.07) is 8.23. The predicted molar refractivity (Wildman–Crippen MR) is 79.7 cm³/mol. The molecule has 0 saturated carbocycles. The molecule has 19 heavy (non-hydrogen) atoms. The van der Waals surface area contributed by atoms with E-state index in [0.717, 1.165) is 35.7 Å². The maximum Gasteiger partial charge on any atom is 0.139 e. The van der Waals surface area contributed by atoms with Crippen LogP contribution in [-0.2, 0) is 12.8 Å². The van der Waals surface area contributed by atoms with Gasteiger partial charge in [0.2, 0.25) is 0 Å². The first-order chi connectivity index (χ1) is 9.15. The molecule has 1 aromatic heterocycles. The Morgan fingerprint density at radius 1 is 1.11 bits per heavy atom. The van der Waals surface area contributed by atoms with Crippen LogP contribution in [0.4, 0.5) is 17.3 Å². The van der Waals surface area contributed by atoms with Crippen LogP contribution in [0.3, 0.4) is 0 Å². The van der Waals surface area contributed by atoms with Crippen molar-refractivity contribution in [3.63, 3.8) is 0 Å². The van der Waals surface area contributed by atoms with Crippen molar-refractivity contribution in [1.82, 2.24) is 9.97 Å². The molecule has 1 heterocycles. The maximum atomic E-state index is 5.93. The molecule has 4 nitrogen and oxygen atoms in total. The van der Waals surface area contributed by atoms with Crippen molar-refractivity contribution in [2.24, 2.45) is 0 Å². The van der Waals surface area contributed by atoms with Gasteiger partial charge in [0.1, 0.15) is 17.5 Å². The first-order valence-corrected chi connectivity index (χ1v) is 6.63. The van der Waals surface area contributed by atoms with Gasteiger partial charge in [0.25, 0.3) is 0 Å². The molecule has 100 valence electrons. The number of rotatable bonds is 4. The second kappa shape index (κ2) is 5.69. The minimum Gasteiger partial charge on any atom is -0.383 e. The van der Waals surface area contributed by atoms with E-state index in [0.29, 0.717) is 5.82 Å². The van der Waals surface area contributed by atoms with Crippen molar-refractivity contribution >= 4 is 17.3 Å². The molecule has 3 N–H and O–H groups in total. The Morgan fingerprint density at radius 3 is 2.53 bits per heavy atom. The first kappa shape index (κ1) is 13.3. The summed E-state index contributed by atoms with van der Waals surface area (Å²) in [5.41, 5.74) is 9.16. The Hall–Kier alpha value is -2.10. The van der Waals surface area contributed by atoms with Gasteiger partial charge in [-0.15, -0.1) is 0 Å². The van der Waals surface area contributed by atoms with Gasteiger partial charge in [-0.25, -0.2) is 9.97 Å². The predicted octanol–water partition coefficient (Wildman–Crippen LogP) is 3.24. The van der Waals surface area contributed by atoms with Gasteiger partial charge in [-0.05, 0) is 25.0 Å². The zero-order valence-electron chi connectivity index (χ0n) is 11.7. The molecule has 2 aromatic rings. The van der Waals surface area contributed by atoms with Crippen LogP contribution < -0.4 is 11.1 Å². The van der Waals surface area contributed by atoms with Crippen LogP contribution in [0.15, 0.2) is 24.3 Å². The van der Waals surface area contributed by atoms with E-state index < -0.39 is 0 Å². The Labute approximate surface area is 114 Å². The van der Waals surface area contributed by atoms with Crippen molar-refractivity contribution in [3.8, 4) is 0 Å². The maximum absolute atomic E-state index is 5.93. The first-order valence-electron chi connectivity index (χ1n) is 6.63.